The van der Waals surface area contributed by atoms with Gasteiger partial charge in [-0.3, -0.25) is 24.3 Å². The van der Waals surface area contributed by atoms with E-state index in [1.165, 1.54) is 18.4 Å². The number of urea groups is 1. The third-order valence-electron chi connectivity index (χ3n) is 4.75. The van der Waals surface area contributed by atoms with Crippen molar-refractivity contribution in [1.29, 1.82) is 0 Å². The summed E-state index contributed by atoms with van der Waals surface area (Å²) >= 11 is 0. The summed E-state index contributed by atoms with van der Waals surface area (Å²) in [5.41, 5.74) is 5.37. The molecule has 1 unspecified atom stereocenters. The largest absolute Gasteiger partial charge is 0.366 e. The number of likely N-dealkylation sites (tertiary alicyclic amines) is 1. The number of carbonyl (C=O) groups is 3. The quantitative estimate of drug-likeness (QED) is 0.643. The zero-order chi connectivity index (χ0) is 17.4. The summed E-state index contributed by atoms with van der Waals surface area (Å²) in [5, 5.41) is 0. The van der Waals surface area contributed by atoms with Crippen molar-refractivity contribution in [3.05, 3.63) is 0 Å². The second-order valence-electron chi connectivity index (χ2n) is 6.46. The normalized spacial score (nSPS) is 25.2. The summed E-state index contributed by atoms with van der Waals surface area (Å²) in [4.78, 5) is 45.4. The van der Waals surface area contributed by atoms with Crippen LogP contribution < -0.4 is 5.73 Å². The molecule has 3 aliphatic heterocycles. The third-order valence-corrected chi connectivity index (χ3v) is 4.75. The van der Waals surface area contributed by atoms with Crippen LogP contribution in [0.15, 0.2) is 4.99 Å². The second-order valence-corrected chi connectivity index (χ2v) is 6.46. The number of fused-ring (bicyclic) bond motifs is 1. The highest BCUT2D eigenvalue weighted by molar-refractivity contribution is 6.23. The predicted molar refractivity (Wildman–Crippen MR) is 86.8 cm³/mol. The average Bonchev–Trinajstić information content (AvgIpc) is 2.90. The van der Waals surface area contributed by atoms with Gasteiger partial charge in [-0.15, -0.1) is 0 Å². The summed E-state index contributed by atoms with van der Waals surface area (Å²) in [6.45, 7) is 2.38. The number of aliphatic imine (C=N–C) groups is 1. The number of carbonyl (C=O) groups excluding carboxylic acids is 3. The molecule has 3 heterocycles. The average molecular weight is 335 g/mol. The molecule has 0 aromatic heterocycles. The molecule has 0 radical (unpaired) electrons. The number of piperidine rings is 1. The minimum Gasteiger partial charge on any atom is -0.366 e. The number of nitrogens with zero attached hydrogens (tertiary/aromatic N) is 5. The van der Waals surface area contributed by atoms with Crippen LogP contribution in [-0.2, 0) is 9.59 Å². The number of nitrogens with two attached hydrogens (primary N) is 1. The van der Waals surface area contributed by atoms with Crippen molar-refractivity contribution < 1.29 is 19.0 Å². The third kappa shape index (κ3) is 2.79. The fourth-order valence-electron chi connectivity index (χ4n) is 3.44. The Balaban J connectivity index is 1.94. The lowest BCUT2D eigenvalue weighted by molar-refractivity contribution is -0.525. The van der Waals surface area contributed by atoms with Gasteiger partial charge in [0.25, 0.3) is 23.7 Å². The van der Waals surface area contributed by atoms with E-state index in [-0.39, 0.29) is 12.5 Å². The fourth-order valence-corrected chi connectivity index (χ4v) is 3.44. The summed E-state index contributed by atoms with van der Waals surface area (Å²) in [7, 11) is 3.02. The molecule has 0 bridgehead atoms. The molecule has 0 aliphatic carbocycles. The van der Waals surface area contributed by atoms with Gasteiger partial charge in [0.1, 0.15) is 6.54 Å². The molecule has 2 N–H and O–H groups in total. The van der Waals surface area contributed by atoms with Crippen molar-refractivity contribution in [1.82, 2.24) is 14.7 Å². The summed E-state index contributed by atoms with van der Waals surface area (Å²) < 4.78 is 1.63. The first-order chi connectivity index (χ1) is 11.4. The molecule has 3 rings (SSSR count). The Morgan fingerprint density at radius 3 is 2.50 bits per heavy atom. The van der Waals surface area contributed by atoms with Crippen molar-refractivity contribution in [3.63, 3.8) is 0 Å². The molecule has 24 heavy (non-hydrogen) atoms. The van der Waals surface area contributed by atoms with Gasteiger partial charge in [0.05, 0.1) is 0 Å². The standard InChI is InChI=1S/C15H22N6O3/c1-18-13-12(14(23)19(2)15(18)24)21(8-10(16)22)11(17-13)9-20-6-4-3-5-7-20/h12H,3-9H2,1-2H3,(H-,16,22)/p+1. The van der Waals surface area contributed by atoms with Gasteiger partial charge < -0.3 is 5.73 Å². The van der Waals surface area contributed by atoms with Gasteiger partial charge in [-0.05, 0) is 30.9 Å². The molecular weight excluding hydrogens is 312 g/mol. The minimum atomic E-state index is -0.759. The molecule has 3 aliphatic rings. The van der Waals surface area contributed by atoms with Crippen LogP contribution >= 0.6 is 0 Å². The van der Waals surface area contributed by atoms with Gasteiger partial charge in [-0.1, -0.05) is 6.42 Å². The molecule has 9 nitrogen and oxygen atoms in total. The maximum absolute atomic E-state index is 12.6. The maximum Gasteiger partial charge on any atom is 0.333 e. The smallest absolute Gasteiger partial charge is 0.333 e. The fraction of sp³-hybridized carbons (Fsp3) is 0.667. The van der Waals surface area contributed by atoms with Crippen LogP contribution in [0.25, 0.3) is 0 Å². The number of hydrogen-bond acceptors (Lipinski definition) is 5. The number of rotatable bonds is 4. The Morgan fingerprint density at radius 2 is 1.88 bits per heavy atom. The van der Waals surface area contributed by atoms with Gasteiger partial charge in [0.15, 0.2) is 6.54 Å². The molecule has 2 fully saturated rings. The number of amidine groups is 2. The molecule has 0 spiro atoms. The highest BCUT2D eigenvalue weighted by Crippen LogP contribution is 2.19. The Labute approximate surface area is 140 Å². The Morgan fingerprint density at radius 1 is 1.21 bits per heavy atom. The van der Waals surface area contributed by atoms with Crippen molar-refractivity contribution in [2.45, 2.75) is 25.3 Å². The molecule has 0 aromatic rings. The van der Waals surface area contributed by atoms with Crippen LogP contribution in [0, 0.1) is 0 Å². The number of primary amides is 1. The molecule has 0 saturated carbocycles. The van der Waals surface area contributed by atoms with E-state index in [9.17, 15) is 14.4 Å². The molecule has 9 heteroatoms. The van der Waals surface area contributed by atoms with Crippen LogP contribution in [-0.4, -0.2) is 95.1 Å². The summed E-state index contributed by atoms with van der Waals surface area (Å²) in [5.74, 6) is 0.0831. The first-order valence-electron chi connectivity index (χ1n) is 8.17. The second kappa shape index (κ2) is 6.31. The number of imide groups is 1. The molecular formula is C15H23N6O3+. The zero-order valence-corrected chi connectivity index (χ0v) is 14.1. The topological polar surface area (TPSA) is 102 Å². The van der Waals surface area contributed by atoms with Crippen molar-refractivity contribution in [2.75, 3.05) is 40.3 Å². The minimum absolute atomic E-state index is 0.0948. The van der Waals surface area contributed by atoms with Crippen LogP contribution in [0.1, 0.15) is 19.3 Å². The van der Waals surface area contributed by atoms with E-state index in [0.29, 0.717) is 18.2 Å². The molecule has 1 atom stereocenters. The first-order valence-corrected chi connectivity index (χ1v) is 8.17. The molecule has 130 valence electrons. The van der Waals surface area contributed by atoms with Gasteiger partial charge >= 0.3 is 11.9 Å². The van der Waals surface area contributed by atoms with Gasteiger partial charge in [-0.2, -0.15) is 0 Å². The lowest BCUT2D eigenvalue weighted by atomic mass is 10.1. The number of hydrogen-bond donors (Lipinski definition) is 1. The van der Waals surface area contributed by atoms with Crippen LogP contribution in [0.4, 0.5) is 4.79 Å². The van der Waals surface area contributed by atoms with Gasteiger partial charge in [0, 0.05) is 14.1 Å². The highest BCUT2D eigenvalue weighted by atomic mass is 16.2. The van der Waals surface area contributed by atoms with E-state index < -0.39 is 18.0 Å². The van der Waals surface area contributed by atoms with E-state index in [1.54, 1.807) is 11.6 Å². The predicted octanol–water partition coefficient (Wildman–Crippen LogP) is -1.33. The van der Waals surface area contributed by atoms with Gasteiger partial charge in [-0.25, -0.2) is 9.37 Å². The van der Waals surface area contributed by atoms with E-state index in [2.05, 4.69) is 9.89 Å². The van der Waals surface area contributed by atoms with E-state index >= 15 is 0 Å². The van der Waals surface area contributed by atoms with Crippen molar-refractivity contribution in [3.8, 4) is 0 Å². The van der Waals surface area contributed by atoms with E-state index in [4.69, 9.17) is 5.73 Å². The van der Waals surface area contributed by atoms with Crippen molar-refractivity contribution in [2.24, 2.45) is 10.7 Å². The summed E-state index contributed by atoms with van der Waals surface area (Å²) in [6, 6.07) is -1.18. The van der Waals surface area contributed by atoms with Crippen LogP contribution in [0.5, 0.6) is 0 Å². The summed E-state index contributed by atoms with van der Waals surface area (Å²) in [6.07, 6.45) is 3.47. The number of amides is 4. The van der Waals surface area contributed by atoms with Gasteiger partial charge in [0.2, 0.25) is 0 Å². The maximum atomic E-state index is 12.6. The van der Waals surface area contributed by atoms with E-state index in [0.717, 1.165) is 30.8 Å². The molecule has 0 aromatic carbocycles. The lowest BCUT2D eigenvalue weighted by Gasteiger charge is -2.30. The Kier molecular flexibility index (Phi) is 4.35. The highest BCUT2D eigenvalue weighted by Gasteiger charge is 2.53. The lowest BCUT2D eigenvalue weighted by Crippen LogP contribution is -2.62. The SMILES string of the molecule is CN1C(=O)C2C(=NC(CN3CCCCC3)=[N+]2CC(N)=O)N(C)C1=O. The van der Waals surface area contributed by atoms with Crippen LogP contribution in [0.2, 0.25) is 0 Å². The van der Waals surface area contributed by atoms with E-state index in [1.807, 2.05) is 0 Å². The Hall–Kier alpha value is -2.29. The zero-order valence-electron chi connectivity index (χ0n) is 14.1. The monoisotopic (exact) mass is 335 g/mol. The van der Waals surface area contributed by atoms with Crippen LogP contribution in [0.3, 0.4) is 0 Å². The molecule has 4 amide bonds. The number of likely N-dealkylation sites (N-methyl/N-ethyl adjacent to an activating group) is 2. The Bertz CT molecular complexity index is 650. The van der Waals surface area contributed by atoms with Crippen molar-refractivity contribution >= 4 is 29.5 Å². The molecule has 2 saturated heterocycles. The first kappa shape index (κ1) is 16.6.